The highest BCUT2D eigenvalue weighted by atomic mass is 16.3. The van der Waals surface area contributed by atoms with Gasteiger partial charge < -0.3 is 4.42 Å². The fraction of sp³-hybridized carbons (Fsp3) is 0.167. The minimum atomic E-state index is -0.0487. The predicted molar refractivity (Wildman–Crippen MR) is 55.8 cm³/mol. The Morgan fingerprint density at radius 3 is 2.87 bits per heavy atom. The minimum absolute atomic E-state index is 0.0487. The third kappa shape index (κ3) is 2.31. The highest BCUT2D eigenvalue weighted by Gasteiger charge is 2.06. The van der Waals surface area contributed by atoms with Crippen molar-refractivity contribution in [3.8, 4) is 0 Å². The summed E-state index contributed by atoms with van der Waals surface area (Å²) in [5.74, 6) is 1.15. The van der Waals surface area contributed by atoms with Gasteiger partial charge in [0, 0.05) is 25.7 Å². The van der Waals surface area contributed by atoms with Crippen molar-refractivity contribution in [2.75, 3.05) is 0 Å². The third-order valence-corrected chi connectivity index (χ3v) is 2.11. The van der Waals surface area contributed by atoms with Crippen LogP contribution in [0.4, 0.5) is 0 Å². The van der Waals surface area contributed by atoms with Crippen LogP contribution in [0.25, 0.3) is 0 Å². The van der Waals surface area contributed by atoms with Crippen LogP contribution in [0.3, 0.4) is 0 Å². The third-order valence-electron chi connectivity index (χ3n) is 2.11. The summed E-state index contributed by atoms with van der Waals surface area (Å²) in [6, 6.07) is 7.38. The summed E-state index contributed by atoms with van der Waals surface area (Å²) in [6.07, 6.45) is 4.18. The Hall–Kier alpha value is -1.90. The highest BCUT2D eigenvalue weighted by molar-refractivity contribution is 5.91. The molecule has 2 aromatic rings. The van der Waals surface area contributed by atoms with E-state index in [1.165, 1.54) is 6.92 Å². The summed E-state index contributed by atoms with van der Waals surface area (Å²) in [4.78, 5) is 15.0. The van der Waals surface area contributed by atoms with Gasteiger partial charge in [-0.15, -0.1) is 0 Å². The van der Waals surface area contributed by atoms with Gasteiger partial charge in [0.15, 0.2) is 11.5 Å². The van der Waals surface area contributed by atoms with Crippen molar-refractivity contribution in [2.24, 2.45) is 0 Å². The van der Waals surface area contributed by atoms with Crippen LogP contribution in [-0.2, 0) is 6.42 Å². The van der Waals surface area contributed by atoms with E-state index in [0.29, 0.717) is 12.2 Å². The van der Waals surface area contributed by atoms with Crippen molar-refractivity contribution in [1.82, 2.24) is 4.98 Å². The van der Waals surface area contributed by atoms with Crippen LogP contribution in [-0.4, -0.2) is 10.8 Å². The number of rotatable bonds is 3. The molecule has 0 radical (unpaired) electrons. The standard InChI is InChI=1S/C12H11NO2/c1-9(14)12-5-4-11(15-12)7-10-3-2-6-13-8-10/h2-6,8H,7H2,1H3. The molecule has 3 heteroatoms. The molecule has 0 spiro atoms. The van der Waals surface area contributed by atoms with E-state index in [0.717, 1.165) is 11.3 Å². The van der Waals surface area contributed by atoms with Crippen molar-refractivity contribution >= 4 is 5.78 Å². The molecule has 2 heterocycles. The molecule has 0 aliphatic heterocycles. The molecule has 0 N–H and O–H groups in total. The van der Waals surface area contributed by atoms with Crippen LogP contribution >= 0.6 is 0 Å². The number of furan rings is 1. The average molecular weight is 201 g/mol. The number of carbonyl (C=O) groups is 1. The molecular formula is C12H11NO2. The van der Waals surface area contributed by atoms with Crippen LogP contribution in [0.15, 0.2) is 41.1 Å². The monoisotopic (exact) mass is 201 g/mol. The molecule has 0 saturated heterocycles. The maximum atomic E-state index is 11.0. The van der Waals surface area contributed by atoms with Gasteiger partial charge in [-0.05, 0) is 23.8 Å². The molecule has 0 aromatic carbocycles. The maximum Gasteiger partial charge on any atom is 0.194 e. The lowest BCUT2D eigenvalue weighted by atomic mass is 10.2. The van der Waals surface area contributed by atoms with Crippen LogP contribution in [0.1, 0.15) is 28.8 Å². The zero-order valence-corrected chi connectivity index (χ0v) is 8.43. The number of hydrogen-bond acceptors (Lipinski definition) is 3. The van der Waals surface area contributed by atoms with Gasteiger partial charge in [-0.1, -0.05) is 6.07 Å². The molecule has 3 nitrogen and oxygen atoms in total. The summed E-state index contributed by atoms with van der Waals surface area (Å²) >= 11 is 0. The normalized spacial score (nSPS) is 10.2. The zero-order valence-electron chi connectivity index (χ0n) is 8.43. The minimum Gasteiger partial charge on any atom is -0.458 e. The van der Waals surface area contributed by atoms with Crippen molar-refractivity contribution < 1.29 is 9.21 Å². The van der Waals surface area contributed by atoms with Gasteiger partial charge in [-0.3, -0.25) is 9.78 Å². The molecular weight excluding hydrogens is 190 g/mol. The molecule has 0 aliphatic carbocycles. The number of hydrogen-bond donors (Lipinski definition) is 0. The topological polar surface area (TPSA) is 43.1 Å². The smallest absolute Gasteiger partial charge is 0.194 e. The second kappa shape index (κ2) is 4.09. The average Bonchev–Trinajstić information content (AvgIpc) is 2.68. The van der Waals surface area contributed by atoms with Gasteiger partial charge >= 0.3 is 0 Å². The number of Topliss-reactive ketones (excluding diaryl/α,β-unsaturated/α-hetero) is 1. The second-order valence-corrected chi connectivity index (χ2v) is 3.36. The number of nitrogens with zero attached hydrogens (tertiary/aromatic N) is 1. The molecule has 2 aromatic heterocycles. The van der Waals surface area contributed by atoms with E-state index in [9.17, 15) is 4.79 Å². The lowest BCUT2D eigenvalue weighted by Crippen LogP contribution is -1.88. The van der Waals surface area contributed by atoms with Crippen molar-refractivity contribution in [2.45, 2.75) is 13.3 Å². The van der Waals surface area contributed by atoms with E-state index in [1.807, 2.05) is 18.2 Å². The Bertz CT molecular complexity index is 459. The summed E-state index contributed by atoms with van der Waals surface area (Å²) < 4.78 is 5.37. The van der Waals surface area contributed by atoms with E-state index in [-0.39, 0.29) is 5.78 Å². The van der Waals surface area contributed by atoms with E-state index in [1.54, 1.807) is 18.5 Å². The molecule has 0 atom stereocenters. The van der Waals surface area contributed by atoms with Gasteiger partial charge in [-0.25, -0.2) is 0 Å². The van der Waals surface area contributed by atoms with Crippen molar-refractivity contribution in [3.05, 3.63) is 53.7 Å². The first-order valence-electron chi connectivity index (χ1n) is 4.74. The molecule has 15 heavy (non-hydrogen) atoms. The molecule has 0 fully saturated rings. The fourth-order valence-corrected chi connectivity index (χ4v) is 1.37. The number of carbonyl (C=O) groups excluding carboxylic acids is 1. The Morgan fingerprint density at radius 1 is 1.40 bits per heavy atom. The lowest BCUT2D eigenvalue weighted by Gasteiger charge is -1.96. The molecule has 2 rings (SSSR count). The van der Waals surface area contributed by atoms with Crippen LogP contribution in [0.2, 0.25) is 0 Å². The molecule has 0 amide bonds. The molecule has 0 saturated carbocycles. The largest absolute Gasteiger partial charge is 0.458 e. The first-order chi connectivity index (χ1) is 7.25. The lowest BCUT2D eigenvalue weighted by molar-refractivity contribution is 0.0985. The number of aromatic nitrogens is 1. The Morgan fingerprint density at radius 2 is 2.27 bits per heavy atom. The first kappa shape index (κ1) is 9.65. The second-order valence-electron chi connectivity index (χ2n) is 3.36. The van der Waals surface area contributed by atoms with E-state index in [2.05, 4.69) is 4.98 Å². The Balaban J connectivity index is 2.15. The molecule has 0 bridgehead atoms. The first-order valence-corrected chi connectivity index (χ1v) is 4.74. The van der Waals surface area contributed by atoms with Crippen LogP contribution in [0, 0.1) is 0 Å². The van der Waals surface area contributed by atoms with Gasteiger partial charge in [-0.2, -0.15) is 0 Å². The summed E-state index contributed by atoms with van der Waals surface area (Å²) in [7, 11) is 0. The summed E-state index contributed by atoms with van der Waals surface area (Å²) in [5.41, 5.74) is 1.07. The van der Waals surface area contributed by atoms with Gasteiger partial charge in [0.05, 0.1) is 0 Å². The maximum absolute atomic E-state index is 11.0. The van der Waals surface area contributed by atoms with E-state index >= 15 is 0 Å². The Kier molecular flexibility index (Phi) is 2.63. The van der Waals surface area contributed by atoms with Gasteiger partial charge in [0.1, 0.15) is 5.76 Å². The SMILES string of the molecule is CC(=O)c1ccc(Cc2cccnc2)o1. The fourth-order valence-electron chi connectivity index (χ4n) is 1.37. The van der Waals surface area contributed by atoms with Gasteiger partial charge in [0.2, 0.25) is 0 Å². The van der Waals surface area contributed by atoms with Gasteiger partial charge in [0.25, 0.3) is 0 Å². The van der Waals surface area contributed by atoms with Crippen LogP contribution in [0.5, 0.6) is 0 Å². The summed E-state index contributed by atoms with van der Waals surface area (Å²) in [6.45, 7) is 1.49. The quantitative estimate of drug-likeness (QED) is 0.716. The van der Waals surface area contributed by atoms with E-state index in [4.69, 9.17) is 4.42 Å². The van der Waals surface area contributed by atoms with Crippen molar-refractivity contribution in [3.63, 3.8) is 0 Å². The van der Waals surface area contributed by atoms with Crippen LogP contribution < -0.4 is 0 Å². The van der Waals surface area contributed by atoms with E-state index < -0.39 is 0 Å². The number of ketones is 1. The highest BCUT2D eigenvalue weighted by Crippen LogP contribution is 2.12. The van der Waals surface area contributed by atoms with Crippen molar-refractivity contribution in [1.29, 1.82) is 0 Å². The Labute approximate surface area is 87.8 Å². The zero-order chi connectivity index (χ0) is 10.7. The molecule has 0 aliphatic rings. The molecule has 76 valence electrons. The number of pyridine rings is 1. The molecule has 0 unspecified atom stereocenters. The predicted octanol–water partition coefficient (Wildman–Crippen LogP) is 2.47. The summed E-state index contributed by atoms with van der Waals surface area (Å²) in [5, 5.41) is 0.